The van der Waals surface area contributed by atoms with Crippen molar-refractivity contribution in [2.45, 2.75) is 52.7 Å². The van der Waals surface area contributed by atoms with Gasteiger partial charge in [0.2, 0.25) is 8.03 Å². The molecule has 0 aromatic heterocycles. The van der Waals surface area contributed by atoms with Gasteiger partial charge in [0.25, 0.3) is 5.69 Å². The molecule has 0 saturated heterocycles. The number of allylic oxidation sites excluding steroid dienone is 1. The Kier molecular flexibility index (Phi) is 8.66. The van der Waals surface area contributed by atoms with Crippen LogP contribution >= 0.6 is 8.03 Å². The van der Waals surface area contributed by atoms with Crippen LogP contribution in [0.2, 0.25) is 0 Å². The minimum Gasteiger partial charge on any atom is -0.444 e. The molecular weight excluding hydrogens is 371 g/mol. The maximum Gasteiger partial charge on any atom is 0.408 e. The zero-order valence-corrected chi connectivity index (χ0v) is 17.3. The lowest BCUT2D eigenvalue weighted by Gasteiger charge is -2.23. The first-order valence-corrected chi connectivity index (χ1v) is 9.92. The summed E-state index contributed by atoms with van der Waals surface area (Å²) in [6.45, 7) is 9.03. The van der Waals surface area contributed by atoms with Crippen LogP contribution < -0.4 is 5.32 Å². The fourth-order valence-electron chi connectivity index (χ4n) is 2.23. The van der Waals surface area contributed by atoms with Crippen molar-refractivity contribution in [3.8, 4) is 0 Å². The SMILES string of the molecule is CCO[PH](=O)/C(C)=C/[C@H](Cc1ccc([N+](=O)[O-])cc1)NC(=O)OC(C)(C)C. The third-order valence-electron chi connectivity index (χ3n) is 3.35. The van der Waals surface area contributed by atoms with Crippen LogP contribution in [0.4, 0.5) is 10.5 Å². The van der Waals surface area contributed by atoms with Gasteiger partial charge in [0.05, 0.1) is 17.6 Å². The number of hydrogen-bond donors (Lipinski definition) is 1. The molecule has 1 aromatic rings. The number of nitrogens with one attached hydrogen (secondary N) is 1. The van der Waals surface area contributed by atoms with Crippen LogP contribution in [-0.4, -0.2) is 29.3 Å². The standard InChI is InChI=1S/C18H27N2O6P/c1-6-25-27(24)13(2)11-15(19-17(21)26-18(3,4)5)12-14-7-9-16(10-8-14)20(22)23/h7-11,15,27H,6,12H2,1-5H3,(H,19,21)/b13-11+/t15-/m1/s1. The van der Waals surface area contributed by atoms with Crippen LogP contribution in [0.5, 0.6) is 0 Å². The van der Waals surface area contributed by atoms with Crippen molar-refractivity contribution in [2.24, 2.45) is 0 Å². The van der Waals surface area contributed by atoms with Gasteiger partial charge in [0.15, 0.2) is 0 Å². The number of nitro benzene ring substituents is 1. The van der Waals surface area contributed by atoms with E-state index in [4.69, 9.17) is 9.26 Å². The van der Waals surface area contributed by atoms with Crippen LogP contribution in [0.15, 0.2) is 35.7 Å². The summed E-state index contributed by atoms with van der Waals surface area (Å²) in [5.74, 6) is 0. The van der Waals surface area contributed by atoms with E-state index in [2.05, 4.69) is 5.32 Å². The summed E-state index contributed by atoms with van der Waals surface area (Å²) in [5.41, 5.74) is 0.116. The number of ether oxygens (including phenoxy) is 1. The van der Waals surface area contributed by atoms with Crippen LogP contribution in [-0.2, 0) is 20.2 Å². The molecule has 0 aliphatic carbocycles. The molecule has 0 saturated carbocycles. The van der Waals surface area contributed by atoms with Crippen molar-refractivity contribution in [2.75, 3.05) is 6.61 Å². The second-order valence-corrected chi connectivity index (χ2v) is 8.60. The number of nitro groups is 1. The highest BCUT2D eigenvalue weighted by molar-refractivity contribution is 7.44. The van der Waals surface area contributed by atoms with E-state index in [1.165, 1.54) is 12.1 Å². The Balaban J connectivity index is 2.98. The van der Waals surface area contributed by atoms with E-state index in [-0.39, 0.29) is 5.69 Å². The molecule has 0 aliphatic rings. The number of alkyl carbamates (subject to hydrolysis) is 1. The highest BCUT2D eigenvalue weighted by Crippen LogP contribution is 2.33. The average molecular weight is 398 g/mol. The fourth-order valence-corrected chi connectivity index (χ4v) is 3.06. The van der Waals surface area contributed by atoms with Gasteiger partial charge in [-0.3, -0.25) is 14.7 Å². The molecule has 0 heterocycles. The highest BCUT2D eigenvalue weighted by atomic mass is 31.1. The summed E-state index contributed by atoms with van der Waals surface area (Å²) in [6, 6.07) is 5.54. The van der Waals surface area contributed by atoms with Gasteiger partial charge >= 0.3 is 6.09 Å². The number of nitrogens with zero attached hydrogens (tertiary/aromatic N) is 1. The first-order chi connectivity index (χ1) is 12.5. The van der Waals surface area contributed by atoms with Crippen LogP contribution in [0, 0.1) is 10.1 Å². The van der Waals surface area contributed by atoms with Crippen LogP contribution in [0.25, 0.3) is 0 Å². The number of benzene rings is 1. The van der Waals surface area contributed by atoms with E-state index in [0.29, 0.717) is 18.3 Å². The van der Waals surface area contributed by atoms with Gasteiger partial charge in [0.1, 0.15) is 5.60 Å². The summed E-state index contributed by atoms with van der Waals surface area (Å²) < 4.78 is 22.5. The third kappa shape index (κ3) is 8.84. The lowest BCUT2D eigenvalue weighted by molar-refractivity contribution is -0.384. The zero-order chi connectivity index (χ0) is 20.6. The summed E-state index contributed by atoms with van der Waals surface area (Å²) in [7, 11) is -2.36. The first kappa shape index (κ1) is 22.9. The van der Waals surface area contributed by atoms with Gasteiger partial charge < -0.3 is 14.6 Å². The smallest absolute Gasteiger partial charge is 0.408 e. The highest BCUT2D eigenvalue weighted by Gasteiger charge is 2.20. The molecule has 1 aromatic carbocycles. The number of amides is 1. The number of rotatable bonds is 8. The molecule has 0 fully saturated rings. The Morgan fingerprint density at radius 3 is 2.41 bits per heavy atom. The number of hydrogen-bond acceptors (Lipinski definition) is 6. The van der Waals surface area contributed by atoms with E-state index in [1.807, 2.05) is 0 Å². The van der Waals surface area contributed by atoms with Crippen molar-refractivity contribution in [1.29, 1.82) is 0 Å². The monoisotopic (exact) mass is 398 g/mol. The Hall–Kier alpha value is -2.18. The maximum atomic E-state index is 12.1. The predicted molar refractivity (Wildman–Crippen MR) is 104 cm³/mol. The largest absolute Gasteiger partial charge is 0.444 e. The maximum absolute atomic E-state index is 12.1. The molecule has 150 valence electrons. The molecule has 9 heteroatoms. The number of carbonyl (C=O) groups is 1. The number of carbonyl (C=O) groups excluding carboxylic acids is 1. The van der Waals surface area contributed by atoms with Gasteiger partial charge in [-0.05, 0) is 46.6 Å². The molecule has 0 bridgehead atoms. The Morgan fingerprint density at radius 2 is 1.93 bits per heavy atom. The molecule has 1 amide bonds. The minimum absolute atomic E-state index is 0.0106. The van der Waals surface area contributed by atoms with Gasteiger partial charge in [-0.1, -0.05) is 18.2 Å². The van der Waals surface area contributed by atoms with E-state index in [1.54, 1.807) is 52.8 Å². The predicted octanol–water partition coefficient (Wildman–Crippen LogP) is 4.45. The van der Waals surface area contributed by atoms with Crippen molar-refractivity contribution >= 4 is 19.8 Å². The van der Waals surface area contributed by atoms with E-state index in [9.17, 15) is 19.5 Å². The van der Waals surface area contributed by atoms with Crippen molar-refractivity contribution in [3.63, 3.8) is 0 Å². The van der Waals surface area contributed by atoms with E-state index < -0.39 is 30.7 Å². The van der Waals surface area contributed by atoms with E-state index >= 15 is 0 Å². The molecule has 8 nitrogen and oxygen atoms in total. The van der Waals surface area contributed by atoms with Crippen molar-refractivity contribution in [3.05, 3.63) is 51.3 Å². The zero-order valence-electron chi connectivity index (χ0n) is 16.3. The second kappa shape index (κ2) is 10.2. The second-order valence-electron chi connectivity index (χ2n) is 6.95. The Bertz CT molecular complexity index is 710. The lowest BCUT2D eigenvalue weighted by Crippen LogP contribution is -2.39. The summed E-state index contributed by atoms with van der Waals surface area (Å²) in [5, 5.41) is 14.0. The quantitative estimate of drug-likeness (QED) is 0.394. The van der Waals surface area contributed by atoms with Crippen molar-refractivity contribution < 1.29 is 23.5 Å². The molecule has 1 unspecified atom stereocenters. The summed E-state index contributed by atoms with van der Waals surface area (Å²) in [4.78, 5) is 22.4. The lowest BCUT2D eigenvalue weighted by atomic mass is 10.1. The summed E-state index contributed by atoms with van der Waals surface area (Å²) >= 11 is 0. The Morgan fingerprint density at radius 1 is 1.33 bits per heavy atom. The van der Waals surface area contributed by atoms with Gasteiger partial charge in [-0.25, -0.2) is 4.79 Å². The topological polar surface area (TPSA) is 108 Å². The normalized spacial score (nSPS) is 14.3. The fraction of sp³-hybridized carbons (Fsp3) is 0.500. The number of non-ortho nitro benzene ring substituents is 1. The first-order valence-electron chi connectivity index (χ1n) is 8.60. The molecule has 0 spiro atoms. The molecule has 1 N–H and O–H groups in total. The van der Waals surface area contributed by atoms with Crippen LogP contribution in [0.1, 0.15) is 40.2 Å². The van der Waals surface area contributed by atoms with Crippen LogP contribution in [0.3, 0.4) is 0 Å². The average Bonchev–Trinajstić information content (AvgIpc) is 2.53. The van der Waals surface area contributed by atoms with Gasteiger partial charge in [-0.2, -0.15) is 0 Å². The molecule has 2 atom stereocenters. The molecular formula is C18H27N2O6P. The van der Waals surface area contributed by atoms with E-state index in [0.717, 1.165) is 5.56 Å². The molecule has 1 rings (SSSR count). The minimum atomic E-state index is -2.36. The summed E-state index contributed by atoms with van der Waals surface area (Å²) in [6.07, 6.45) is 1.42. The molecule has 27 heavy (non-hydrogen) atoms. The van der Waals surface area contributed by atoms with Gasteiger partial charge in [-0.15, -0.1) is 0 Å². The molecule has 0 aliphatic heterocycles. The van der Waals surface area contributed by atoms with Crippen molar-refractivity contribution in [1.82, 2.24) is 5.32 Å². The molecule has 0 radical (unpaired) electrons. The van der Waals surface area contributed by atoms with Gasteiger partial charge in [0, 0.05) is 17.4 Å². The Labute approximate surface area is 160 Å². The third-order valence-corrected chi connectivity index (χ3v) is 4.71.